The molecule has 11 heteroatoms. The van der Waals surface area contributed by atoms with E-state index in [9.17, 15) is 9.18 Å². The van der Waals surface area contributed by atoms with E-state index in [4.69, 9.17) is 30.5 Å². The number of rotatable bonds is 9. The molecule has 0 saturated heterocycles. The maximum absolute atomic E-state index is 13.5. The maximum Gasteiger partial charge on any atom is 0.407 e. The van der Waals surface area contributed by atoms with E-state index in [-0.39, 0.29) is 24.6 Å². The summed E-state index contributed by atoms with van der Waals surface area (Å²) in [5.41, 5.74) is 1.54. The molecule has 3 aromatic carbocycles. The zero-order valence-corrected chi connectivity index (χ0v) is 25.9. The van der Waals surface area contributed by atoms with Gasteiger partial charge in [0.05, 0.1) is 23.8 Å². The Hall–Kier alpha value is -4.31. The normalized spacial score (nSPS) is 16.7. The van der Waals surface area contributed by atoms with Crippen LogP contribution in [0.25, 0.3) is 10.9 Å². The van der Waals surface area contributed by atoms with Crippen LogP contribution in [0.15, 0.2) is 60.9 Å². The number of carbonyl (C=O) groups is 1. The predicted octanol–water partition coefficient (Wildman–Crippen LogP) is 7.97. The molecule has 0 bridgehead atoms. The van der Waals surface area contributed by atoms with Gasteiger partial charge in [0.2, 0.25) is 0 Å². The lowest BCUT2D eigenvalue weighted by Crippen LogP contribution is -2.42. The molecule has 1 fully saturated rings. The standard InChI is InChI=1S/C33H36ClFN4O5/c1-33(2,3)44-32(40)39-22-8-11-24(12-9-22)43-30-16-25-27(17-29(30)41-4)36-19-37-31(25)38-23-10-13-28(26(34)15-23)42-18-20-6-5-7-21(35)14-20/h5-7,10,13-17,19,22,24H,8-9,11-12,18H2,1-4H3,(H,39,40)(H,36,37,38). The fourth-order valence-electron chi connectivity index (χ4n) is 5.01. The molecule has 0 atom stereocenters. The number of hydrogen-bond donors (Lipinski definition) is 2. The monoisotopic (exact) mass is 622 g/mol. The molecular formula is C33H36ClFN4O5. The molecule has 0 unspecified atom stereocenters. The van der Waals surface area contributed by atoms with Gasteiger partial charge in [-0.2, -0.15) is 0 Å². The molecule has 0 aliphatic heterocycles. The van der Waals surface area contributed by atoms with Gasteiger partial charge in [0.1, 0.15) is 35.9 Å². The summed E-state index contributed by atoms with van der Waals surface area (Å²) in [5, 5.41) is 7.42. The van der Waals surface area contributed by atoms with Crippen LogP contribution in [0.2, 0.25) is 5.02 Å². The van der Waals surface area contributed by atoms with E-state index in [0.29, 0.717) is 44.9 Å². The van der Waals surface area contributed by atoms with Crippen LogP contribution in [-0.2, 0) is 11.3 Å². The molecule has 2 N–H and O–H groups in total. The second-order valence-electron chi connectivity index (χ2n) is 11.7. The Labute approximate surface area is 261 Å². The molecule has 1 aromatic heterocycles. The third kappa shape index (κ3) is 8.19. The molecule has 232 valence electrons. The second-order valence-corrected chi connectivity index (χ2v) is 12.1. The van der Waals surface area contributed by atoms with Crippen LogP contribution >= 0.6 is 11.6 Å². The van der Waals surface area contributed by atoms with Crippen LogP contribution < -0.4 is 24.8 Å². The van der Waals surface area contributed by atoms with Gasteiger partial charge in [0.15, 0.2) is 11.5 Å². The lowest BCUT2D eigenvalue weighted by atomic mass is 9.93. The van der Waals surface area contributed by atoms with Crippen molar-refractivity contribution in [3.8, 4) is 17.2 Å². The Balaban J connectivity index is 1.26. The van der Waals surface area contributed by atoms with E-state index in [1.54, 1.807) is 31.4 Å². The van der Waals surface area contributed by atoms with Crippen LogP contribution in [0.5, 0.6) is 17.2 Å². The summed E-state index contributed by atoms with van der Waals surface area (Å²) < 4.78 is 36.7. The zero-order chi connectivity index (χ0) is 31.3. The highest BCUT2D eigenvalue weighted by Gasteiger charge is 2.26. The molecule has 44 heavy (non-hydrogen) atoms. The number of nitrogens with one attached hydrogen (secondary N) is 2. The van der Waals surface area contributed by atoms with Crippen molar-refractivity contribution in [3.05, 3.63) is 77.3 Å². The van der Waals surface area contributed by atoms with Gasteiger partial charge in [-0.15, -0.1) is 0 Å². The highest BCUT2D eigenvalue weighted by Crippen LogP contribution is 2.37. The van der Waals surface area contributed by atoms with E-state index in [1.165, 1.54) is 18.5 Å². The zero-order valence-electron chi connectivity index (χ0n) is 25.2. The lowest BCUT2D eigenvalue weighted by Gasteiger charge is -2.30. The number of nitrogens with zero attached hydrogens (tertiary/aromatic N) is 2. The minimum Gasteiger partial charge on any atom is -0.493 e. The number of halogens is 2. The Morgan fingerprint density at radius 2 is 1.80 bits per heavy atom. The minimum atomic E-state index is -0.538. The van der Waals surface area contributed by atoms with Gasteiger partial charge < -0.3 is 29.6 Å². The van der Waals surface area contributed by atoms with Gasteiger partial charge in [-0.3, -0.25) is 0 Å². The molecule has 5 rings (SSSR count). The number of ether oxygens (including phenoxy) is 4. The van der Waals surface area contributed by atoms with E-state index in [0.717, 1.165) is 31.1 Å². The van der Waals surface area contributed by atoms with E-state index < -0.39 is 11.7 Å². The minimum absolute atomic E-state index is 0.0392. The first kappa shape index (κ1) is 31.1. The smallest absolute Gasteiger partial charge is 0.407 e. The van der Waals surface area contributed by atoms with Crippen LogP contribution in [0.1, 0.15) is 52.0 Å². The van der Waals surface area contributed by atoms with Crippen molar-refractivity contribution in [2.24, 2.45) is 0 Å². The van der Waals surface area contributed by atoms with Crippen molar-refractivity contribution in [3.63, 3.8) is 0 Å². The molecular weight excluding hydrogens is 587 g/mol. The summed E-state index contributed by atoms with van der Waals surface area (Å²) in [6.07, 6.45) is 4.12. The molecule has 1 aliphatic carbocycles. The fourth-order valence-corrected chi connectivity index (χ4v) is 5.25. The number of amides is 1. The van der Waals surface area contributed by atoms with Gasteiger partial charge >= 0.3 is 6.09 Å². The number of carbonyl (C=O) groups excluding carboxylic acids is 1. The SMILES string of the molecule is COc1cc2ncnc(Nc3ccc(OCc4cccc(F)c4)c(Cl)c3)c2cc1OC1CCC(NC(=O)OC(C)(C)C)CC1. The Morgan fingerprint density at radius 1 is 1.00 bits per heavy atom. The first-order chi connectivity index (χ1) is 21.1. The van der Waals surface area contributed by atoms with Crippen LogP contribution in [-0.4, -0.2) is 40.9 Å². The van der Waals surface area contributed by atoms with Gasteiger partial charge in [-0.25, -0.2) is 19.2 Å². The molecule has 4 aromatic rings. The molecule has 1 saturated carbocycles. The third-order valence-corrected chi connectivity index (χ3v) is 7.38. The molecule has 0 spiro atoms. The van der Waals surface area contributed by atoms with E-state index in [2.05, 4.69) is 20.6 Å². The summed E-state index contributed by atoms with van der Waals surface area (Å²) >= 11 is 6.51. The summed E-state index contributed by atoms with van der Waals surface area (Å²) in [6, 6.07) is 15.3. The average molecular weight is 623 g/mol. The number of alkyl carbamates (subject to hydrolysis) is 1. The summed E-state index contributed by atoms with van der Waals surface area (Å²) in [4.78, 5) is 21.1. The van der Waals surface area contributed by atoms with Gasteiger partial charge in [-0.1, -0.05) is 23.7 Å². The van der Waals surface area contributed by atoms with Crippen molar-refractivity contribution >= 4 is 40.1 Å². The molecule has 1 heterocycles. The predicted molar refractivity (Wildman–Crippen MR) is 168 cm³/mol. The highest BCUT2D eigenvalue weighted by atomic mass is 35.5. The maximum atomic E-state index is 13.5. The number of benzene rings is 3. The first-order valence-electron chi connectivity index (χ1n) is 14.5. The van der Waals surface area contributed by atoms with Crippen molar-refractivity contribution < 1.29 is 28.1 Å². The van der Waals surface area contributed by atoms with E-state index >= 15 is 0 Å². The Kier molecular flexibility index (Phi) is 9.58. The fraction of sp³-hybridized carbons (Fsp3) is 0.364. The highest BCUT2D eigenvalue weighted by molar-refractivity contribution is 6.32. The molecule has 1 amide bonds. The van der Waals surface area contributed by atoms with Gasteiger partial charge in [-0.05, 0) is 88.4 Å². The molecule has 9 nitrogen and oxygen atoms in total. The topological polar surface area (TPSA) is 104 Å². The van der Waals surface area contributed by atoms with Crippen LogP contribution in [0, 0.1) is 5.82 Å². The van der Waals surface area contributed by atoms with Crippen molar-refractivity contribution in [2.45, 2.75) is 70.8 Å². The Bertz CT molecular complexity index is 1620. The first-order valence-corrected chi connectivity index (χ1v) is 14.9. The lowest BCUT2D eigenvalue weighted by molar-refractivity contribution is 0.0470. The summed E-state index contributed by atoms with van der Waals surface area (Å²) in [5.74, 6) is 1.88. The summed E-state index contributed by atoms with van der Waals surface area (Å²) in [7, 11) is 1.59. The van der Waals surface area contributed by atoms with Gasteiger partial charge in [0, 0.05) is 23.2 Å². The largest absolute Gasteiger partial charge is 0.493 e. The molecule has 0 radical (unpaired) electrons. The number of fused-ring (bicyclic) bond motifs is 1. The summed E-state index contributed by atoms with van der Waals surface area (Å²) in [6.45, 7) is 5.73. The third-order valence-electron chi connectivity index (χ3n) is 7.09. The number of hydrogen-bond acceptors (Lipinski definition) is 8. The number of methoxy groups -OCH3 is 1. The average Bonchev–Trinajstić information content (AvgIpc) is 2.97. The van der Waals surface area contributed by atoms with Crippen molar-refractivity contribution in [1.29, 1.82) is 0 Å². The Morgan fingerprint density at radius 3 is 2.50 bits per heavy atom. The van der Waals surface area contributed by atoms with Crippen molar-refractivity contribution in [2.75, 3.05) is 12.4 Å². The molecule has 1 aliphatic rings. The van der Waals surface area contributed by atoms with Crippen molar-refractivity contribution in [1.82, 2.24) is 15.3 Å². The van der Waals surface area contributed by atoms with Gasteiger partial charge in [0.25, 0.3) is 0 Å². The quantitative estimate of drug-likeness (QED) is 0.194. The van der Waals surface area contributed by atoms with Crippen LogP contribution in [0.4, 0.5) is 20.7 Å². The number of anilines is 2. The number of aromatic nitrogens is 2. The van der Waals surface area contributed by atoms with Crippen LogP contribution in [0.3, 0.4) is 0 Å². The van der Waals surface area contributed by atoms with E-state index in [1.807, 2.05) is 39.0 Å². The second kappa shape index (κ2) is 13.5.